The average Bonchev–Trinajstić information content (AvgIpc) is 2.87. The molecule has 3 nitrogen and oxygen atoms in total. The van der Waals surface area contributed by atoms with Crippen LogP contribution in [0.3, 0.4) is 0 Å². The Morgan fingerprint density at radius 1 is 1.13 bits per heavy atom. The van der Waals surface area contributed by atoms with Gasteiger partial charge in [-0.15, -0.1) is 0 Å². The average molecular weight is 307 g/mol. The first-order chi connectivity index (χ1) is 11.2. The quantitative estimate of drug-likeness (QED) is 0.697. The number of aryl methyl sites for hydroxylation is 1. The van der Waals surface area contributed by atoms with Crippen LogP contribution in [0.2, 0.25) is 0 Å². The van der Waals surface area contributed by atoms with Crippen LogP contribution in [-0.4, -0.2) is 17.8 Å². The highest BCUT2D eigenvalue weighted by Crippen LogP contribution is 2.39. The molecule has 2 aromatic carbocycles. The van der Waals surface area contributed by atoms with E-state index in [1.807, 2.05) is 12.1 Å². The molecule has 1 aliphatic heterocycles. The summed E-state index contributed by atoms with van der Waals surface area (Å²) in [7, 11) is 1.70. The molecule has 0 aliphatic carbocycles. The Balaban J connectivity index is 1.94. The molecule has 0 amide bonds. The monoisotopic (exact) mass is 307 g/mol. The number of aromatic nitrogens is 1. The fourth-order valence-electron chi connectivity index (χ4n) is 3.67. The minimum Gasteiger partial charge on any atom is -0.497 e. The Hall–Kier alpha value is -2.26. The molecule has 0 fully saturated rings. The summed E-state index contributed by atoms with van der Waals surface area (Å²) in [6.45, 7) is 5.23. The smallest absolute Gasteiger partial charge is 0.123 e. The molecule has 0 saturated carbocycles. The fraction of sp³-hybridized carbons (Fsp3) is 0.300. The van der Waals surface area contributed by atoms with Crippen LogP contribution >= 0.6 is 0 Å². The lowest BCUT2D eigenvalue weighted by Gasteiger charge is -2.31. The summed E-state index contributed by atoms with van der Waals surface area (Å²) in [5.41, 5.74) is 5.00. The van der Waals surface area contributed by atoms with E-state index in [9.17, 15) is 0 Å². The Morgan fingerprint density at radius 3 is 2.78 bits per heavy atom. The first-order valence-corrected chi connectivity index (χ1v) is 8.06. The van der Waals surface area contributed by atoms with Gasteiger partial charge in [0.2, 0.25) is 0 Å². The standard InChI is InChI=1S/C20H21NO2/c1-13-12-21-18-10-5-4-9-17(18)14(2)19(21)20(23-13)15-7-6-8-16(11-15)22-3/h4-11,13,20H,12H2,1-3H3/t13-,20+/m0/s1. The van der Waals surface area contributed by atoms with Gasteiger partial charge in [-0.2, -0.15) is 0 Å². The molecule has 3 heteroatoms. The van der Waals surface area contributed by atoms with Crippen molar-refractivity contribution in [3.8, 4) is 5.75 Å². The molecule has 2 atom stereocenters. The molecular formula is C20H21NO2. The van der Waals surface area contributed by atoms with Crippen LogP contribution in [0.25, 0.3) is 10.9 Å². The van der Waals surface area contributed by atoms with Crippen LogP contribution in [0.5, 0.6) is 5.75 Å². The third-order valence-electron chi connectivity index (χ3n) is 4.73. The fourth-order valence-corrected chi connectivity index (χ4v) is 3.67. The molecule has 0 saturated heterocycles. The van der Waals surface area contributed by atoms with Crippen molar-refractivity contribution >= 4 is 10.9 Å². The highest BCUT2D eigenvalue weighted by atomic mass is 16.5. The van der Waals surface area contributed by atoms with E-state index >= 15 is 0 Å². The first kappa shape index (κ1) is 14.3. The third-order valence-corrected chi connectivity index (χ3v) is 4.73. The predicted octanol–water partition coefficient (Wildman–Crippen LogP) is 4.47. The van der Waals surface area contributed by atoms with Gasteiger partial charge in [-0.25, -0.2) is 0 Å². The number of rotatable bonds is 2. The van der Waals surface area contributed by atoms with Crippen LogP contribution in [0.1, 0.15) is 29.8 Å². The van der Waals surface area contributed by atoms with E-state index in [2.05, 4.69) is 54.8 Å². The van der Waals surface area contributed by atoms with Gasteiger partial charge in [-0.1, -0.05) is 30.3 Å². The van der Waals surface area contributed by atoms with Crippen molar-refractivity contribution < 1.29 is 9.47 Å². The Morgan fingerprint density at radius 2 is 1.96 bits per heavy atom. The molecule has 0 N–H and O–H groups in total. The number of benzene rings is 2. The second-order valence-corrected chi connectivity index (χ2v) is 6.24. The Bertz CT molecular complexity index is 865. The summed E-state index contributed by atoms with van der Waals surface area (Å²) >= 11 is 0. The second-order valence-electron chi connectivity index (χ2n) is 6.24. The summed E-state index contributed by atoms with van der Waals surface area (Å²) in [5.74, 6) is 0.865. The Kier molecular flexibility index (Phi) is 3.38. The molecule has 1 aliphatic rings. The van der Waals surface area contributed by atoms with Crippen LogP contribution < -0.4 is 4.74 Å². The first-order valence-electron chi connectivity index (χ1n) is 8.06. The van der Waals surface area contributed by atoms with Crippen molar-refractivity contribution in [3.05, 3.63) is 65.4 Å². The van der Waals surface area contributed by atoms with E-state index in [-0.39, 0.29) is 12.2 Å². The summed E-state index contributed by atoms with van der Waals surface area (Å²) in [6, 6.07) is 16.8. The molecule has 0 spiro atoms. The maximum absolute atomic E-state index is 6.33. The number of methoxy groups -OCH3 is 1. The highest BCUT2D eigenvalue weighted by molar-refractivity contribution is 5.85. The van der Waals surface area contributed by atoms with Gasteiger partial charge in [0.1, 0.15) is 11.9 Å². The van der Waals surface area contributed by atoms with Gasteiger partial charge in [-0.3, -0.25) is 0 Å². The van der Waals surface area contributed by atoms with E-state index in [0.29, 0.717) is 0 Å². The van der Waals surface area contributed by atoms with Gasteiger partial charge in [0.15, 0.2) is 0 Å². The number of hydrogen-bond donors (Lipinski definition) is 0. The lowest BCUT2D eigenvalue weighted by molar-refractivity contribution is -0.0147. The predicted molar refractivity (Wildman–Crippen MR) is 92.1 cm³/mol. The normalized spacial score (nSPS) is 20.5. The van der Waals surface area contributed by atoms with Gasteiger partial charge in [0.05, 0.1) is 18.9 Å². The summed E-state index contributed by atoms with van der Waals surface area (Å²) < 4.78 is 14.1. The molecule has 118 valence electrons. The van der Waals surface area contributed by atoms with Gasteiger partial charge < -0.3 is 14.0 Å². The highest BCUT2D eigenvalue weighted by Gasteiger charge is 2.30. The van der Waals surface area contributed by atoms with Gasteiger partial charge >= 0.3 is 0 Å². The topological polar surface area (TPSA) is 23.4 Å². The van der Waals surface area contributed by atoms with E-state index < -0.39 is 0 Å². The van der Waals surface area contributed by atoms with Crippen LogP contribution in [-0.2, 0) is 11.3 Å². The molecule has 0 bridgehead atoms. The molecule has 4 rings (SSSR count). The summed E-state index contributed by atoms with van der Waals surface area (Å²) in [4.78, 5) is 0. The van der Waals surface area contributed by atoms with Crippen molar-refractivity contribution in [2.75, 3.05) is 7.11 Å². The zero-order valence-electron chi connectivity index (χ0n) is 13.7. The number of hydrogen-bond acceptors (Lipinski definition) is 2. The molecular weight excluding hydrogens is 286 g/mol. The van der Waals surface area contributed by atoms with Crippen molar-refractivity contribution in [2.24, 2.45) is 0 Å². The number of fused-ring (bicyclic) bond motifs is 3. The molecule has 2 heterocycles. The number of nitrogens with zero attached hydrogens (tertiary/aromatic N) is 1. The molecule has 3 aromatic rings. The minimum atomic E-state index is -0.0544. The van der Waals surface area contributed by atoms with E-state index in [1.54, 1.807) is 7.11 Å². The largest absolute Gasteiger partial charge is 0.497 e. The van der Waals surface area contributed by atoms with Gasteiger partial charge in [0.25, 0.3) is 0 Å². The number of para-hydroxylation sites is 1. The molecule has 0 radical (unpaired) electrons. The summed E-state index contributed by atoms with van der Waals surface area (Å²) in [5, 5.41) is 1.31. The molecule has 0 unspecified atom stereocenters. The minimum absolute atomic E-state index is 0.0544. The lowest BCUT2D eigenvalue weighted by Crippen LogP contribution is -2.29. The van der Waals surface area contributed by atoms with Crippen molar-refractivity contribution in [1.29, 1.82) is 0 Å². The molecule has 23 heavy (non-hydrogen) atoms. The van der Waals surface area contributed by atoms with E-state index in [1.165, 1.54) is 22.2 Å². The van der Waals surface area contributed by atoms with Crippen LogP contribution in [0.15, 0.2) is 48.5 Å². The van der Waals surface area contributed by atoms with E-state index in [4.69, 9.17) is 9.47 Å². The zero-order chi connectivity index (χ0) is 16.0. The Labute approximate surface area is 136 Å². The van der Waals surface area contributed by atoms with Gasteiger partial charge in [0, 0.05) is 17.4 Å². The maximum Gasteiger partial charge on any atom is 0.123 e. The van der Waals surface area contributed by atoms with Crippen molar-refractivity contribution in [3.63, 3.8) is 0 Å². The zero-order valence-corrected chi connectivity index (χ0v) is 13.7. The van der Waals surface area contributed by atoms with Crippen LogP contribution in [0, 0.1) is 6.92 Å². The lowest BCUT2D eigenvalue weighted by atomic mass is 10.0. The van der Waals surface area contributed by atoms with E-state index in [0.717, 1.165) is 17.9 Å². The van der Waals surface area contributed by atoms with Crippen molar-refractivity contribution in [1.82, 2.24) is 4.57 Å². The van der Waals surface area contributed by atoms with Crippen LogP contribution in [0.4, 0.5) is 0 Å². The number of ether oxygens (including phenoxy) is 2. The third kappa shape index (κ3) is 2.23. The van der Waals surface area contributed by atoms with Gasteiger partial charge in [-0.05, 0) is 43.2 Å². The maximum atomic E-state index is 6.33. The second kappa shape index (κ2) is 5.43. The van der Waals surface area contributed by atoms with Crippen molar-refractivity contribution in [2.45, 2.75) is 32.6 Å². The molecule has 1 aromatic heterocycles. The summed E-state index contributed by atoms with van der Waals surface area (Å²) in [6.07, 6.45) is 0.121. The SMILES string of the molecule is COc1cccc([C@H]2O[C@@H](C)Cn3c2c(C)c2ccccc23)c1.